The third kappa shape index (κ3) is 5.86. The minimum absolute atomic E-state index is 0.143. The van der Waals surface area contributed by atoms with Gasteiger partial charge in [-0.25, -0.2) is 0 Å². The third-order valence-corrected chi connectivity index (χ3v) is 6.74. The molecule has 0 spiro atoms. The lowest BCUT2D eigenvalue weighted by atomic mass is 10.1. The molecule has 0 aromatic heterocycles. The summed E-state index contributed by atoms with van der Waals surface area (Å²) in [6.45, 7) is 8.70. The predicted molar refractivity (Wildman–Crippen MR) is 122 cm³/mol. The van der Waals surface area contributed by atoms with Crippen molar-refractivity contribution < 1.29 is 9.59 Å². The standard InChI is InChI=1S/C24H31N3O2S/c1-3-26(4-2)22(28)19-25-15-17-27(18-16-25)24(29)23(20-11-7-5-8-12-20)30-21-13-9-6-10-14-21/h5-14,23H,3-4,15-19H2,1-2H3. The molecule has 6 heteroatoms. The molecule has 3 rings (SSSR count). The molecule has 5 nitrogen and oxygen atoms in total. The average molecular weight is 426 g/mol. The summed E-state index contributed by atoms with van der Waals surface area (Å²) in [7, 11) is 0. The zero-order valence-corrected chi connectivity index (χ0v) is 18.7. The van der Waals surface area contributed by atoms with Crippen molar-refractivity contribution in [2.75, 3.05) is 45.8 Å². The molecule has 1 unspecified atom stereocenters. The Bertz CT molecular complexity index is 804. The molecule has 0 radical (unpaired) electrons. The fourth-order valence-corrected chi connectivity index (χ4v) is 4.81. The quantitative estimate of drug-likeness (QED) is 0.607. The number of hydrogen-bond donors (Lipinski definition) is 0. The third-order valence-electron chi connectivity index (χ3n) is 5.48. The van der Waals surface area contributed by atoms with E-state index in [1.54, 1.807) is 11.8 Å². The van der Waals surface area contributed by atoms with Gasteiger partial charge < -0.3 is 9.80 Å². The number of thioether (sulfide) groups is 1. The van der Waals surface area contributed by atoms with Gasteiger partial charge in [0.15, 0.2) is 0 Å². The SMILES string of the molecule is CCN(CC)C(=O)CN1CCN(C(=O)C(Sc2ccccc2)c2ccccc2)CC1. The second-order valence-electron chi connectivity index (χ2n) is 7.39. The van der Waals surface area contributed by atoms with Gasteiger partial charge >= 0.3 is 0 Å². The van der Waals surface area contributed by atoms with Gasteiger partial charge in [0.05, 0.1) is 6.54 Å². The van der Waals surface area contributed by atoms with E-state index in [1.165, 1.54) is 0 Å². The predicted octanol–water partition coefficient (Wildman–Crippen LogP) is 3.53. The van der Waals surface area contributed by atoms with Crippen molar-refractivity contribution in [3.05, 3.63) is 66.2 Å². The van der Waals surface area contributed by atoms with Crippen molar-refractivity contribution in [3.63, 3.8) is 0 Å². The Hall–Kier alpha value is -2.31. The van der Waals surface area contributed by atoms with Crippen LogP contribution in [0.25, 0.3) is 0 Å². The topological polar surface area (TPSA) is 43.9 Å². The van der Waals surface area contributed by atoms with E-state index in [0.29, 0.717) is 19.6 Å². The molecule has 1 aliphatic rings. The molecule has 1 aliphatic heterocycles. The lowest BCUT2D eigenvalue weighted by Crippen LogP contribution is -2.52. The van der Waals surface area contributed by atoms with E-state index in [2.05, 4.69) is 4.90 Å². The number of hydrogen-bond acceptors (Lipinski definition) is 4. The maximum atomic E-state index is 13.4. The molecule has 1 atom stereocenters. The highest BCUT2D eigenvalue weighted by Gasteiger charge is 2.30. The van der Waals surface area contributed by atoms with E-state index in [0.717, 1.165) is 36.6 Å². The zero-order valence-electron chi connectivity index (χ0n) is 17.9. The highest BCUT2D eigenvalue weighted by molar-refractivity contribution is 8.00. The Morgan fingerprint density at radius 1 is 0.900 bits per heavy atom. The fraction of sp³-hybridized carbons (Fsp3) is 0.417. The number of nitrogens with zero attached hydrogens (tertiary/aromatic N) is 3. The summed E-state index contributed by atoms with van der Waals surface area (Å²) >= 11 is 1.60. The van der Waals surface area contributed by atoms with Gasteiger partial charge in [0.2, 0.25) is 11.8 Å². The summed E-state index contributed by atoms with van der Waals surface area (Å²) in [5.41, 5.74) is 1.02. The largest absolute Gasteiger partial charge is 0.342 e. The summed E-state index contributed by atoms with van der Waals surface area (Å²) in [4.78, 5) is 32.9. The summed E-state index contributed by atoms with van der Waals surface area (Å²) in [6.07, 6.45) is 0. The van der Waals surface area contributed by atoms with Crippen molar-refractivity contribution >= 4 is 23.6 Å². The number of benzene rings is 2. The van der Waals surface area contributed by atoms with Gasteiger partial charge in [-0.05, 0) is 31.5 Å². The van der Waals surface area contributed by atoms with Crippen LogP contribution in [0.2, 0.25) is 0 Å². The van der Waals surface area contributed by atoms with E-state index >= 15 is 0 Å². The molecule has 1 saturated heterocycles. The van der Waals surface area contributed by atoms with Crippen molar-refractivity contribution in [1.82, 2.24) is 14.7 Å². The minimum atomic E-state index is -0.266. The van der Waals surface area contributed by atoms with Crippen LogP contribution in [0.1, 0.15) is 24.7 Å². The van der Waals surface area contributed by atoms with Crippen LogP contribution in [0.3, 0.4) is 0 Å². The van der Waals surface area contributed by atoms with Crippen molar-refractivity contribution in [1.29, 1.82) is 0 Å². The van der Waals surface area contributed by atoms with Crippen LogP contribution in [-0.4, -0.2) is 72.3 Å². The van der Waals surface area contributed by atoms with Crippen LogP contribution in [0.5, 0.6) is 0 Å². The Labute approximate surface area is 184 Å². The molecular weight excluding hydrogens is 394 g/mol. The molecule has 2 aromatic carbocycles. The van der Waals surface area contributed by atoms with Crippen LogP contribution in [0.15, 0.2) is 65.6 Å². The molecular formula is C24H31N3O2S. The van der Waals surface area contributed by atoms with Crippen LogP contribution < -0.4 is 0 Å². The van der Waals surface area contributed by atoms with Crippen molar-refractivity contribution in [3.8, 4) is 0 Å². The van der Waals surface area contributed by atoms with Gasteiger partial charge in [-0.15, -0.1) is 11.8 Å². The molecule has 160 valence electrons. The fourth-order valence-electron chi connectivity index (χ4n) is 3.68. The normalized spacial score (nSPS) is 15.6. The molecule has 0 bridgehead atoms. The lowest BCUT2D eigenvalue weighted by Gasteiger charge is -2.36. The number of amides is 2. The highest BCUT2D eigenvalue weighted by atomic mass is 32.2. The molecule has 1 fully saturated rings. The van der Waals surface area contributed by atoms with Crippen molar-refractivity contribution in [2.45, 2.75) is 24.0 Å². The summed E-state index contributed by atoms with van der Waals surface area (Å²) in [5.74, 6) is 0.311. The minimum Gasteiger partial charge on any atom is -0.342 e. The van der Waals surface area contributed by atoms with Gasteiger partial charge in [-0.2, -0.15) is 0 Å². The van der Waals surface area contributed by atoms with E-state index in [4.69, 9.17) is 0 Å². The average Bonchev–Trinajstić information content (AvgIpc) is 2.79. The first-order chi connectivity index (χ1) is 14.6. The van der Waals surface area contributed by atoms with Crippen molar-refractivity contribution in [2.24, 2.45) is 0 Å². The van der Waals surface area contributed by atoms with Crippen LogP contribution in [0.4, 0.5) is 0 Å². The Morgan fingerprint density at radius 2 is 1.47 bits per heavy atom. The summed E-state index contributed by atoms with van der Waals surface area (Å²) < 4.78 is 0. The Kier molecular flexibility index (Phi) is 8.34. The zero-order chi connectivity index (χ0) is 21.3. The van der Waals surface area contributed by atoms with Crippen LogP contribution in [0, 0.1) is 0 Å². The van der Waals surface area contributed by atoms with E-state index in [9.17, 15) is 9.59 Å². The smallest absolute Gasteiger partial charge is 0.240 e. The first kappa shape index (κ1) is 22.4. The van der Waals surface area contributed by atoms with Gasteiger partial charge in [0.25, 0.3) is 0 Å². The second kappa shape index (κ2) is 11.2. The molecule has 30 heavy (non-hydrogen) atoms. The van der Waals surface area contributed by atoms with E-state index < -0.39 is 0 Å². The number of likely N-dealkylation sites (N-methyl/N-ethyl adjacent to an activating group) is 1. The number of piperazine rings is 1. The van der Waals surface area contributed by atoms with Gasteiger partial charge in [-0.3, -0.25) is 14.5 Å². The van der Waals surface area contributed by atoms with Gasteiger partial charge in [0.1, 0.15) is 5.25 Å². The summed E-state index contributed by atoms with van der Waals surface area (Å²) in [6, 6.07) is 20.1. The van der Waals surface area contributed by atoms with Crippen LogP contribution in [-0.2, 0) is 9.59 Å². The number of carbonyl (C=O) groups is 2. The summed E-state index contributed by atoms with van der Waals surface area (Å²) in [5, 5.41) is -0.266. The van der Waals surface area contributed by atoms with Crippen LogP contribution >= 0.6 is 11.8 Å². The Balaban J connectivity index is 1.64. The highest BCUT2D eigenvalue weighted by Crippen LogP contribution is 2.36. The lowest BCUT2D eigenvalue weighted by molar-refractivity contribution is -0.134. The maximum absolute atomic E-state index is 13.4. The van der Waals surface area contributed by atoms with E-state index in [1.807, 2.05) is 84.3 Å². The molecule has 1 heterocycles. The molecule has 0 aliphatic carbocycles. The second-order valence-corrected chi connectivity index (χ2v) is 8.57. The van der Waals surface area contributed by atoms with E-state index in [-0.39, 0.29) is 17.1 Å². The first-order valence-electron chi connectivity index (χ1n) is 10.7. The molecule has 0 N–H and O–H groups in total. The monoisotopic (exact) mass is 425 g/mol. The Morgan fingerprint density at radius 3 is 2.03 bits per heavy atom. The molecule has 2 aromatic rings. The maximum Gasteiger partial charge on any atom is 0.240 e. The van der Waals surface area contributed by atoms with Gasteiger partial charge in [0, 0.05) is 44.2 Å². The molecule has 0 saturated carbocycles. The number of carbonyl (C=O) groups excluding carboxylic acids is 2. The van der Waals surface area contributed by atoms with Gasteiger partial charge in [-0.1, -0.05) is 48.5 Å². The molecule has 2 amide bonds. The first-order valence-corrected chi connectivity index (χ1v) is 11.6. The number of rotatable bonds is 8.